The Balaban J connectivity index is 0.00000259. The number of halogens is 1. The van der Waals surface area contributed by atoms with Crippen LogP contribution in [0.15, 0.2) is 66.7 Å². The number of fused-ring (bicyclic) bond motifs is 1. The van der Waals surface area contributed by atoms with Crippen LogP contribution in [0.3, 0.4) is 0 Å². The smallest absolute Gasteiger partial charge is 0.247 e. The number of rotatable bonds is 7. The van der Waals surface area contributed by atoms with Gasteiger partial charge in [-0.15, -0.1) is 22.6 Å². The van der Waals surface area contributed by atoms with Crippen LogP contribution < -0.4 is 10.1 Å². The summed E-state index contributed by atoms with van der Waals surface area (Å²) in [7, 11) is 0. The Morgan fingerprint density at radius 3 is 2.42 bits per heavy atom. The Bertz CT molecular complexity index is 1190. The molecule has 5 rings (SSSR count). The average Bonchev–Trinajstić information content (AvgIpc) is 3.35. The van der Waals surface area contributed by atoms with Gasteiger partial charge in [-0.25, -0.2) is 4.98 Å². The summed E-state index contributed by atoms with van der Waals surface area (Å²) < 4.78 is 5.88. The van der Waals surface area contributed by atoms with Crippen LogP contribution in [0.2, 0.25) is 0 Å². The summed E-state index contributed by atoms with van der Waals surface area (Å²) >= 11 is 0. The number of ether oxygens (including phenoxy) is 1. The minimum Gasteiger partial charge on any atom is -0.492 e. The fourth-order valence-corrected chi connectivity index (χ4v) is 4.12. The van der Waals surface area contributed by atoms with E-state index in [2.05, 4.69) is 45.5 Å². The van der Waals surface area contributed by atoms with Crippen molar-refractivity contribution >= 4 is 35.1 Å². The highest BCUT2D eigenvalue weighted by atomic mass is 35.5. The second kappa shape index (κ2) is 10.6. The Labute approximate surface area is 200 Å². The Morgan fingerprint density at radius 2 is 1.67 bits per heavy atom. The summed E-state index contributed by atoms with van der Waals surface area (Å²) in [6, 6.07) is 22.4. The highest BCUT2D eigenvalue weighted by molar-refractivity contribution is 5.85. The summed E-state index contributed by atoms with van der Waals surface area (Å²) in [5.41, 5.74) is 5.88. The number of aromatic nitrogens is 3. The molecule has 4 aromatic rings. The average molecular weight is 462 g/mol. The van der Waals surface area contributed by atoms with Crippen molar-refractivity contribution in [1.29, 1.82) is 0 Å². The lowest BCUT2D eigenvalue weighted by molar-refractivity contribution is 0.238. The summed E-state index contributed by atoms with van der Waals surface area (Å²) in [6.45, 7) is 6.15. The van der Waals surface area contributed by atoms with E-state index in [0.29, 0.717) is 12.6 Å². The van der Waals surface area contributed by atoms with Crippen molar-refractivity contribution in [3.05, 3.63) is 72.3 Å². The predicted molar refractivity (Wildman–Crippen MR) is 136 cm³/mol. The molecule has 0 unspecified atom stereocenters. The van der Waals surface area contributed by atoms with E-state index < -0.39 is 0 Å². The molecule has 0 saturated carbocycles. The number of nitrogens with one attached hydrogen (secondary N) is 1. The van der Waals surface area contributed by atoms with Gasteiger partial charge in [-0.05, 0) is 85.9 Å². The van der Waals surface area contributed by atoms with Crippen LogP contribution in [0.25, 0.3) is 22.2 Å². The zero-order chi connectivity index (χ0) is 21.8. The Hall–Kier alpha value is -3.22. The van der Waals surface area contributed by atoms with Crippen molar-refractivity contribution in [2.75, 3.05) is 31.6 Å². The van der Waals surface area contributed by atoms with Crippen LogP contribution in [0.4, 0.5) is 11.6 Å². The van der Waals surface area contributed by atoms with Crippen LogP contribution in [0.5, 0.6) is 5.75 Å². The standard InChI is InChI=1S/C26H27N5O.ClH/c1-19-17-21(20-7-3-2-4-8-20)18-24-25(19)28-26(30-29-24)27-22-9-11-23(12-10-22)32-16-15-31-13-5-6-14-31;/h2-4,7-12,17-18H,5-6,13-16H2,1H3,(H,27,28,30);1H. The fourth-order valence-electron chi connectivity index (χ4n) is 4.12. The fraction of sp³-hybridized carbons (Fsp3) is 0.269. The summed E-state index contributed by atoms with van der Waals surface area (Å²) in [6.07, 6.45) is 2.61. The molecule has 3 aromatic carbocycles. The minimum absolute atomic E-state index is 0. The van der Waals surface area contributed by atoms with Gasteiger partial charge in [0, 0.05) is 12.2 Å². The van der Waals surface area contributed by atoms with E-state index in [1.54, 1.807) is 0 Å². The molecule has 0 amide bonds. The lowest BCUT2D eigenvalue weighted by Crippen LogP contribution is -2.25. The second-order valence-electron chi connectivity index (χ2n) is 8.21. The molecule has 0 aliphatic carbocycles. The number of nitrogens with zero attached hydrogens (tertiary/aromatic N) is 4. The lowest BCUT2D eigenvalue weighted by atomic mass is 10.0. The van der Waals surface area contributed by atoms with Gasteiger partial charge in [0.1, 0.15) is 17.9 Å². The number of likely N-dealkylation sites (tertiary alicyclic amines) is 1. The van der Waals surface area contributed by atoms with Gasteiger partial charge in [0.25, 0.3) is 0 Å². The maximum atomic E-state index is 5.88. The minimum atomic E-state index is 0. The van der Waals surface area contributed by atoms with E-state index in [4.69, 9.17) is 9.72 Å². The molecule has 0 atom stereocenters. The first-order chi connectivity index (χ1) is 15.7. The SMILES string of the molecule is Cc1cc(-c2ccccc2)cc2nnc(Nc3ccc(OCCN4CCCC4)cc3)nc12.Cl. The van der Waals surface area contributed by atoms with Gasteiger partial charge in [-0.1, -0.05) is 30.3 Å². The Kier molecular flexibility index (Phi) is 7.37. The van der Waals surface area contributed by atoms with Crippen molar-refractivity contribution in [3.63, 3.8) is 0 Å². The van der Waals surface area contributed by atoms with E-state index >= 15 is 0 Å². The van der Waals surface area contributed by atoms with Crippen LogP contribution in [-0.2, 0) is 0 Å². The largest absolute Gasteiger partial charge is 0.492 e. The third kappa shape index (κ3) is 5.59. The van der Waals surface area contributed by atoms with Gasteiger partial charge in [-0.3, -0.25) is 4.90 Å². The number of anilines is 2. The van der Waals surface area contributed by atoms with Crippen molar-refractivity contribution in [2.24, 2.45) is 0 Å². The molecule has 33 heavy (non-hydrogen) atoms. The van der Waals surface area contributed by atoms with E-state index in [1.807, 2.05) is 48.5 Å². The predicted octanol–water partition coefficient (Wildman–Crippen LogP) is 5.64. The maximum Gasteiger partial charge on any atom is 0.247 e. The van der Waals surface area contributed by atoms with Crippen LogP contribution in [-0.4, -0.2) is 46.3 Å². The van der Waals surface area contributed by atoms with Gasteiger partial charge in [0.05, 0.1) is 5.52 Å². The van der Waals surface area contributed by atoms with Crippen molar-refractivity contribution in [2.45, 2.75) is 19.8 Å². The van der Waals surface area contributed by atoms with E-state index in [0.717, 1.165) is 45.7 Å². The molecule has 7 heteroatoms. The summed E-state index contributed by atoms with van der Waals surface area (Å²) in [5.74, 6) is 1.35. The molecule has 0 bridgehead atoms. The normalized spacial score (nSPS) is 13.6. The molecule has 170 valence electrons. The number of aryl methyl sites for hydroxylation is 1. The van der Waals surface area contributed by atoms with Gasteiger partial charge in [0.2, 0.25) is 5.95 Å². The third-order valence-corrected chi connectivity index (χ3v) is 5.84. The van der Waals surface area contributed by atoms with Gasteiger partial charge >= 0.3 is 0 Å². The third-order valence-electron chi connectivity index (χ3n) is 5.84. The van der Waals surface area contributed by atoms with E-state index in [-0.39, 0.29) is 12.4 Å². The van der Waals surface area contributed by atoms with Crippen LogP contribution >= 0.6 is 12.4 Å². The van der Waals surface area contributed by atoms with E-state index in [1.165, 1.54) is 25.9 Å². The number of hydrogen-bond donors (Lipinski definition) is 1. The van der Waals surface area contributed by atoms with Crippen molar-refractivity contribution < 1.29 is 4.74 Å². The molecular weight excluding hydrogens is 434 g/mol. The highest BCUT2D eigenvalue weighted by Gasteiger charge is 2.11. The molecule has 1 fully saturated rings. The molecular formula is C26H28ClN5O. The molecule has 0 spiro atoms. The van der Waals surface area contributed by atoms with Crippen molar-refractivity contribution in [3.8, 4) is 16.9 Å². The van der Waals surface area contributed by atoms with Gasteiger partial charge < -0.3 is 10.1 Å². The monoisotopic (exact) mass is 461 g/mol. The molecule has 1 N–H and O–H groups in total. The Morgan fingerprint density at radius 1 is 0.909 bits per heavy atom. The first-order valence-corrected chi connectivity index (χ1v) is 11.2. The molecule has 1 saturated heterocycles. The number of benzene rings is 3. The van der Waals surface area contributed by atoms with Gasteiger partial charge in [-0.2, -0.15) is 0 Å². The zero-order valence-corrected chi connectivity index (χ0v) is 19.5. The molecule has 1 aromatic heterocycles. The quantitative estimate of drug-likeness (QED) is 0.384. The zero-order valence-electron chi connectivity index (χ0n) is 18.7. The summed E-state index contributed by atoms with van der Waals surface area (Å²) in [4.78, 5) is 7.15. The first kappa shape index (κ1) is 23.0. The van der Waals surface area contributed by atoms with Crippen LogP contribution in [0, 0.1) is 6.92 Å². The summed E-state index contributed by atoms with van der Waals surface area (Å²) in [5, 5.41) is 12.0. The second-order valence-corrected chi connectivity index (χ2v) is 8.21. The molecule has 2 heterocycles. The topological polar surface area (TPSA) is 63.2 Å². The molecule has 1 aliphatic heterocycles. The van der Waals surface area contributed by atoms with E-state index in [9.17, 15) is 0 Å². The maximum absolute atomic E-state index is 5.88. The first-order valence-electron chi connectivity index (χ1n) is 11.2. The van der Waals surface area contributed by atoms with Crippen molar-refractivity contribution in [1.82, 2.24) is 20.1 Å². The number of hydrogen-bond acceptors (Lipinski definition) is 6. The lowest BCUT2D eigenvalue weighted by Gasteiger charge is -2.15. The molecule has 0 radical (unpaired) electrons. The molecule has 1 aliphatic rings. The van der Waals surface area contributed by atoms with Gasteiger partial charge in [0.15, 0.2) is 0 Å². The molecule has 6 nitrogen and oxygen atoms in total. The van der Waals surface area contributed by atoms with Crippen LogP contribution in [0.1, 0.15) is 18.4 Å². The highest BCUT2D eigenvalue weighted by Crippen LogP contribution is 2.26.